The first-order chi connectivity index (χ1) is 12.1. The molecular formula is C20H17NO4. The van der Waals surface area contributed by atoms with Gasteiger partial charge in [-0.2, -0.15) is 5.26 Å². The smallest absolute Gasteiger partial charge is 0.307 e. The van der Waals surface area contributed by atoms with Gasteiger partial charge in [0.25, 0.3) is 0 Å². The fourth-order valence-corrected chi connectivity index (χ4v) is 2.87. The first kappa shape index (κ1) is 16.6. The monoisotopic (exact) mass is 335 g/mol. The second kappa shape index (κ2) is 7.10. The van der Waals surface area contributed by atoms with Crippen molar-refractivity contribution in [1.82, 2.24) is 0 Å². The fourth-order valence-electron chi connectivity index (χ4n) is 2.87. The molecule has 5 nitrogen and oxygen atoms in total. The Balaban J connectivity index is 1.91. The summed E-state index contributed by atoms with van der Waals surface area (Å²) >= 11 is 0. The third-order valence-electron chi connectivity index (χ3n) is 4.13. The van der Waals surface area contributed by atoms with Gasteiger partial charge in [-0.3, -0.25) is 4.79 Å². The van der Waals surface area contributed by atoms with Crippen molar-refractivity contribution in [2.75, 3.05) is 7.11 Å². The first-order valence-electron chi connectivity index (χ1n) is 7.90. The van der Waals surface area contributed by atoms with Gasteiger partial charge in [0.1, 0.15) is 17.1 Å². The molecule has 0 aliphatic carbocycles. The van der Waals surface area contributed by atoms with Gasteiger partial charge in [-0.05, 0) is 42.3 Å². The quantitative estimate of drug-likeness (QED) is 0.742. The van der Waals surface area contributed by atoms with Gasteiger partial charge in [0.15, 0.2) is 0 Å². The van der Waals surface area contributed by atoms with Crippen molar-refractivity contribution >= 4 is 16.9 Å². The Hall–Kier alpha value is -3.26. The maximum Gasteiger partial charge on any atom is 0.307 e. The van der Waals surface area contributed by atoms with Crippen LogP contribution in [0.2, 0.25) is 0 Å². The number of rotatable bonds is 6. The van der Waals surface area contributed by atoms with Crippen LogP contribution in [0.1, 0.15) is 22.5 Å². The largest absolute Gasteiger partial charge is 0.497 e. The topological polar surface area (TPSA) is 83.5 Å². The molecule has 0 saturated carbocycles. The number of fused-ring (bicyclic) bond motifs is 1. The number of nitriles is 1. The summed E-state index contributed by atoms with van der Waals surface area (Å²) < 4.78 is 11.0. The van der Waals surface area contributed by atoms with Crippen molar-refractivity contribution in [2.24, 2.45) is 0 Å². The van der Waals surface area contributed by atoms with Gasteiger partial charge in [0, 0.05) is 17.4 Å². The van der Waals surface area contributed by atoms with E-state index in [1.54, 1.807) is 25.3 Å². The van der Waals surface area contributed by atoms with Gasteiger partial charge in [0.05, 0.1) is 25.2 Å². The number of hydrogen-bond acceptors (Lipinski definition) is 4. The Bertz CT molecular complexity index is 948. The SMILES string of the molecule is COc1ccc(CCc2oc3ccc(C#N)cc3c2CC(=O)O)cc1. The summed E-state index contributed by atoms with van der Waals surface area (Å²) in [6.45, 7) is 0. The van der Waals surface area contributed by atoms with E-state index < -0.39 is 5.97 Å². The minimum atomic E-state index is -0.921. The summed E-state index contributed by atoms with van der Waals surface area (Å²) in [6.07, 6.45) is 1.19. The lowest BCUT2D eigenvalue weighted by molar-refractivity contribution is -0.136. The van der Waals surface area contributed by atoms with E-state index in [1.165, 1.54) is 0 Å². The standard InChI is InChI=1S/C20H17NO4/c1-24-15-6-2-13(3-7-15)4-8-19-17(11-20(22)23)16-10-14(12-21)5-9-18(16)25-19/h2-3,5-7,9-10H,4,8,11H2,1H3,(H,22,23). The summed E-state index contributed by atoms with van der Waals surface area (Å²) in [5.74, 6) is 0.530. The molecule has 126 valence electrons. The molecule has 0 amide bonds. The van der Waals surface area contributed by atoms with Crippen molar-refractivity contribution in [1.29, 1.82) is 5.26 Å². The lowest BCUT2D eigenvalue weighted by Crippen LogP contribution is -2.03. The molecule has 0 aliphatic rings. The van der Waals surface area contributed by atoms with Crippen molar-refractivity contribution < 1.29 is 19.1 Å². The molecular weight excluding hydrogens is 318 g/mol. The number of aliphatic carboxylic acids is 1. The second-order valence-electron chi connectivity index (χ2n) is 5.75. The molecule has 25 heavy (non-hydrogen) atoms. The average molecular weight is 335 g/mol. The van der Waals surface area contributed by atoms with Crippen LogP contribution >= 0.6 is 0 Å². The number of benzene rings is 2. The van der Waals surface area contributed by atoms with Gasteiger partial charge in [-0.15, -0.1) is 0 Å². The predicted octanol–water partition coefficient (Wildman–Crippen LogP) is 3.73. The molecule has 0 saturated heterocycles. The number of aryl methyl sites for hydroxylation is 2. The maximum atomic E-state index is 11.2. The highest BCUT2D eigenvalue weighted by atomic mass is 16.5. The van der Waals surface area contributed by atoms with Gasteiger partial charge in [0.2, 0.25) is 0 Å². The molecule has 2 aromatic carbocycles. The van der Waals surface area contributed by atoms with E-state index in [-0.39, 0.29) is 6.42 Å². The molecule has 1 N–H and O–H groups in total. The summed E-state index contributed by atoms with van der Waals surface area (Å²) in [5.41, 5.74) is 2.86. The molecule has 0 aliphatic heterocycles. The molecule has 0 unspecified atom stereocenters. The molecule has 0 radical (unpaired) electrons. The number of nitrogens with zero attached hydrogens (tertiary/aromatic N) is 1. The molecule has 0 fully saturated rings. The van der Waals surface area contributed by atoms with E-state index >= 15 is 0 Å². The third-order valence-corrected chi connectivity index (χ3v) is 4.13. The molecule has 1 aromatic heterocycles. The summed E-state index contributed by atoms with van der Waals surface area (Å²) in [7, 11) is 1.62. The molecule has 1 heterocycles. The van der Waals surface area contributed by atoms with Gasteiger partial charge in [-0.25, -0.2) is 0 Å². The molecule has 0 atom stereocenters. The molecule has 0 bridgehead atoms. The lowest BCUT2D eigenvalue weighted by atomic mass is 10.0. The zero-order valence-electron chi connectivity index (χ0n) is 13.8. The fraction of sp³-hybridized carbons (Fsp3) is 0.200. The van der Waals surface area contributed by atoms with Crippen LogP contribution in [0.3, 0.4) is 0 Å². The van der Waals surface area contributed by atoms with Crippen molar-refractivity contribution in [3.05, 3.63) is 64.9 Å². The van der Waals surface area contributed by atoms with E-state index in [9.17, 15) is 9.90 Å². The van der Waals surface area contributed by atoms with E-state index in [0.717, 1.165) is 17.7 Å². The van der Waals surface area contributed by atoms with E-state index in [1.807, 2.05) is 24.3 Å². The Morgan fingerprint density at radius 2 is 1.96 bits per heavy atom. The van der Waals surface area contributed by atoms with Crippen LogP contribution in [0.4, 0.5) is 0 Å². The Morgan fingerprint density at radius 1 is 1.20 bits per heavy atom. The Kier molecular flexibility index (Phi) is 4.71. The number of methoxy groups -OCH3 is 1. The second-order valence-corrected chi connectivity index (χ2v) is 5.75. The molecule has 3 rings (SSSR count). The van der Waals surface area contributed by atoms with Crippen LogP contribution < -0.4 is 4.74 Å². The van der Waals surface area contributed by atoms with Crippen molar-refractivity contribution in [2.45, 2.75) is 19.3 Å². The summed E-state index contributed by atoms with van der Waals surface area (Å²) in [4.78, 5) is 11.2. The Labute approximate surface area is 145 Å². The normalized spacial score (nSPS) is 10.6. The number of carbonyl (C=O) groups is 1. The van der Waals surface area contributed by atoms with E-state index in [4.69, 9.17) is 14.4 Å². The third kappa shape index (κ3) is 3.64. The van der Waals surface area contributed by atoms with Crippen LogP contribution in [0.25, 0.3) is 11.0 Å². The number of carboxylic acids is 1. The van der Waals surface area contributed by atoms with Crippen LogP contribution in [-0.2, 0) is 24.1 Å². The highest BCUT2D eigenvalue weighted by Crippen LogP contribution is 2.29. The highest BCUT2D eigenvalue weighted by molar-refractivity contribution is 5.87. The molecule has 5 heteroatoms. The number of ether oxygens (including phenoxy) is 1. The maximum absolute atomic E-state index is 11.2. The Morgan fingerprint density at radius 3 is 2.60 bits per heavy atom. The minimum Gasteiger partial charge on any atom is -0.497 e. The van der Waals surface area contributed by atoms with Gasteiger partial charge < -0.3 is 14.3 Å². The van der Waals surface area contributed by atoms with Gasteiger partial charge >= 0.3 is 5.97 Å². The van der Waals surface area contributed by atoms with Crippen LogP contribution in [0.15, 0.2) is 46.9 Å². The summed E-state index contributed by atoms with van der Waals surface area (Å²) in [5, 5.41) is 19.0. The average Bonchev–Trinajstić information content (AvgIpc) is 2.96. The van der Waals surface area contributed by atoms with E-state index in [0.29, 0.717) is 34.3 Å². The number of hydrogen-bond donors (Lipinski definition) is 1. The van der Waals surface area contributed by atoms with Crippen molar-refractivity contribution in [3.63, 3.8) is 0 Å². The van der Waals surface area contributed by atoms with Crippen LogP contribution in [0, 0.1) is 11.3 Å². The lowest BCUT2D eigenvalue weighted by Gasteiger charge is -2.04. The van der Waals surface area contributed by atoms with Gasteiger partial charge in [-0.1, -0.05) is 12.1 Å². The first-order valence-corrected chi connectivity index (χ1v) is 7.90. The van der Waals surface area contributed by atoms with Crippen LogP contribution in [0.5, 0.6) is 5.75 Å². The zero-order chi connectivity index (χ0) is 17.8. The van der Waals surface area contributed by atoms with E-state index in [2.05, 4.69) is 6.07 Å². The van der Waals surface area contributed by atoms with Crippen LogP contribution in [-0.4, -0.2) is 18.2 Å². The molecule has 0 spiro atoms. The highest BCUT2D eigenvalue weighted by Gasteiger charge is 2.17. The predicted molar refractivity (Wildman–Crippen MR) is 92.7 cm³/mol. The zero-order valence-corrected chi connectivity index (χ0v) is 13.8. The summed E-state index contributed by atoms with van der Waals surface area (Å²) in [6, 6.07) is 14.9. The minimum absolute atomic E-state index is 0.125. The number of carboxylic acid groups (broad SMARTS) is 1. The molecule has 3 aromatic rings. The van der Waals surface area contributed by atoms with Crippen molar-refractivity contribution in [3.8, 4) is 11.8 Å². The number of furan rings is 1.